The van der Waals surface area contributed by atoms with Crippen LogP contribution in [0, 0.1) is 12.8 Å². The van der Waals surface area contributed by atoms with E-state index < -0.39 is 0 Å². The van der Waals surface area contributed by atoms with Crippen LogP contribution in [0.25, 0.3) is 0 Å². The van der Waals surface area contributed by atoms with Gasteiger partial charge in [0.2, 0.25) is 0 Å². The predicted molar refractivity (Wildman–Crippen MR) is 69.1 cm³/mol. The summed E-state index contributed by atoms with van der Waals surface area (Å²) in [6.07, 6.45) is 12.1. The van der Waals surface area contributed by atoms with Crippen molar-refractivity contribution < 1.29 is 0 Å². The van der Waals surface area contributed by atoms with E-state index in [9.17, 15) is 0 Å². The second kappa shape index (κ2) is 197. The first-order valence-electron chi connectivity index (χ1n) is 5.75. The number of terminal acetylenes is 1. The van der Waals surface area contributed by atoms with E-state index in [1.165, 1.54) is 19.3 Å². The van der Waals surface area contributed by atoms with Gasteiger partial charge in [-0.1, -0.05) is 74.7 Å². The SMILES string of the molecule is C#C.CC.CC.CC.CCCCC. The average Bonchev–Trinajstić information content (AvgIpc) is 2.30. The zero-order chi connectivity index (χ0) is 12.1. The molecule has 0 bridgehead atoms. The Kier molecular flexibility index (Phi) is 444. The van der Waals surface area contributed by atoms with Gasteiger partial charge in [0.15, 0.2) is 0 Å². The maximum atomic E-state index is 4.00. The minimum atomic E-state index is 1.34. The van der Waals surface area contributed by atoms with Gasteiger partial charge in [-0.15, -0.1) is 12.8 Å². The van der Waals surface area contributed by atoms with Crippen molar-refractivity contribution in [3.8, 4) is 12.8 Å². The highest BCUT2D eigenvalue weighted by molar-refractivity contribution is 4.47. The quantitative estimate of drug-likeness (QED) is 0.500. The van der Waals surface area contributed by atoms with E-state index in [2.05, 4.69) is 26.7 Å². The topological polar surface area (TPSA) is 0 Å². The molecule has 0 aromatic heterocycles. The Morgan fingerprint density at radius 3 is 0.769 bits per heavy atom. The van der Waals surface area contributed by atoms with E-state index in [-0.39, 0.29) is 0 Å². The van der Waals surface area contributed by atoms with Crippen molar-refractivity contribution in [2.24, 2.45) is 0 Å². The van der Waals surface area contributed by atoms with Crippen LogP contribution in [0.1, 0.15) is 74.7 Å². The van der Waals surface area contributed by atoms with Crippen LogP contribution in [0.5, 0.6) is 0 Å². The third kappa shape index (κ3) is 434. The fourth-order valence-electron chi connectivity index (χ4n) is 0.354. The minimum Gasteiger partial charge on any atom is -0.124 e. The van der Waals surface area contributed by atoms with Crippen molar-refractivity contribution in [2.45, 2.75) is 74.7 Å². The lowest BCUT2D eigenvalue weighted by Crippen LogP contribution is -1.59. The molecule has 0 nitrogen and oxygen atoms in total. The van der Waals surface area contributed by atoms with E-state index in [1.807, 2.05) is 41.5 Å². The average molecular weight is 188 g/mol. The molecule has 0 atom stereocenters. The fourth-order valence-corrected chi connectivity index (χ4v) is 0.354. The number of unbranched alkanes of at least 4 members (excludes halogenated alkanes) is 2. The molecule has 0 aliphatic rings. The highest BCUT2D eigenvalue weighted by atomic mass is 13.7. The molecular formula is C13H32. The van der Waals surface area contributed by atoms with Crippen LogP contribution in [0.15, 0.2) is 0 Å². The summed E-state index contributed by atoms with van der Waals surface area (Å²) >= 11 is 0. The molecule has 0 spiro atoms. The Morgan fingerprint density at radius 2 is 0.769 bits per heavy atom. The second-order valence-corrected chi connectivity index (χ2v) is 1.35. The van der Waals surface area contributed by atoms with Crippen LogP contribution in [0.2, 0.25) is 0 Å². The molecule has 0 saturated heterocycles. The van der Waals surface area contributed by atoms with E-state index in [0.29, 0.717) is 0 Å². The molecule has 0 aliphatic heterocycles. The maximum Gasteiger partial charge on any atom is -0.0538 e. The van der Waals surface area contributed by atoms with Gasteiger partial charge in [-0.3, -0.25) is 0 Å². The van der Waals surface area contributed by atoms with Gasteiger partial charge in [0.05, 0.1) is 0 Å². The zero-order valence-electron chi connectivity index (χ0n) is 11.3. The molecule has 0 unspecified atom stereocenters. The molecule has 0 saturated carbocycles. The summed E-state index contributed by atoms with van der Waals surface area (Å²) in [5.41, 5.74) is 0. The van der Waals surface area contributed by atoms with Gasteiger partial charge in [-0.05, 0) is 0 Å². The van der Waals surface area contributed by atoms with Gasteiger partial charge in [0.25, 0.3) is 0 Å². The summed E-state index contributed by atoms with van der Waals surface area (Å²) < 4.78 is 0. The molecule has 0 aliphatic carbocycles. The summed E-state index contributed by atoms with van der Waals surface area (Å²) in [6.45, 7) is 16.4. The van der Waals surface area contributed by atoms with Gasteiger partial charge in [-0.25, -0.2) is 0 Å². The highest BCUT2D eigenvalue weighted by Crippen LogP contribution is 1.88. The molecule has 0 heteroatoms. The van der Waals surface area contributed by atoms with Gasteiger partial charge in [-0.2, -0.15) is 0 Å². The van der Waals surface area contributed by atoms with Gasteiger partial charge in [0, 0.05) is 0 Å². The summed E-state index contributed by atoms with van der Waals surface area (Å²) in [5.74, 6) is 0. The number of hydrogen-bond donors (Lipinski definition) is 0. The molecule has 0 aromatic rings. The molecule has 0 aromatic carbocycles. The minimum absolute atomic E-state index is 1.34. The second-order valence-electron chi connectivity index (χ2n) is 1.35. The lowest BCUT2D eigenvalue weighted by molar-refractivity contribution is 0.772. The van der Waals surface area contributed by atoms with Crippen molar-refractivity contribution >= 4 is 0 Å². The molecule has 0 fully saturated rings. The van der Waals surface area contributed by atoms with Crippen molar-refractivity contribution in [2.75, 3.05) is 0 Å². The van der Waals surface area contributed by atoms with E-state index >= 15 is 0 Å². The van der Waals surface area contributed by atoms with E-state index in [1.54, 1.807) is 0 Å². The third-order valence-electron chi connectivity index (χ3n) is 0.707. The van der Waals surface area contributed by atoms with E-state index in [4.69, 9.17) is 0 Å². The smallest absolute Gasteiger partial charge is 0.0538 e. The summed E-state index contributed by atoms with van der Waals surface area (Å²) in [5, 5.41) is 0. The summed E-state index contributed by atoms with van der Waals surface area (Å²) in [6, 6.07) is 0. The van der Waals surface area contributed by atoms with Crippen LogP contribution in [0.3, 0.4) is 0 Å². The molecule has 0 N–H and O–H groups in total. The molecule has 0 rings (SSSR count). The summed E-state index contributed by atoms with van der Waals surface area (Å²) in [4.78, 5) is 0. The Morgan fingerprint density at radius 1 is 0.615 bits per heavy atom. The third-order valence-corrected chi connectivity index (χ3v) is 0.707. The number of rotatable bonds is 2. The molecule has 0 heterocycles. The standard InChI is InChI=1S/C5H12.3C2H6.C2H2/c1-3-5-4-2;4*1-2/h3-5H2,1-2H3;3*1-2H3;1-2H. The van der Waals surface area contributed by atoms with Gasteiger partial charge < -0.3 is 0 Å². The van der Waals surface area contributed by atoms with Crippen LogP contribution < -0.4 is 0 Å². The first-order chi connectivity index (χ1) is 6.41. The molecule has 13 heavy (non-hydrogen) atoms. The molecule has 0 amide bonds. The van der Waals surface area contributed by atoms with Crippen molar-refractivity contribution in [1.29, 1.82) is 0 Å². The Bertz CT molecular complexity index is 24.3. The first kappa shape index (κ1) is 29.4. The van der Waals surface area contributed by atoms with Crippen LogP contribution >= 0.6 is 0 Å². The lowest BCUT2D eigenvalue weighted by atomic mass is 10.3. The van der Waals surface area contributed by atoms with Crippen molar-refractivity contribution in [3.05, 3.63) is 0 Å². The van der Waals surface area contributed by atoms with Crippen molar-refractivity contribution in [1.82, 2.24) is 0 Å². The predicted octanol–water partition coefficient (Wildman–Crippen LogP) is 5.52. The van der Waals surface area contributed by atoms with Crippen LogP contribution in [-0.2, 0) is 0 Å². The zero-order valence-corrected chi connectivity index (χ0v) is 11.3. The largest absolute Gasteiger partial charge is 0.124 e. The van der Waals surface area contributed by atoms with Crippen LogP contribution in [0.4, 0.5) is 0 Å². The molecular weight excluding hydrogens is 156 g/mol. The fraction of sp³-hybridized carbons (Fsp3) is 0.846. The Balaban J connectivity index is -0.0000000230. The van der Waals surface area contributed by atoms with Crippen LogP contribution in [-0.4, -0.2) is 0 Å². The van der Waals surface area contributed by atoms with E-state index in [0.717, 1.165) is 0 Å². The Labute approximate surface area is 88.1 Å². The van der Waals surface area contributed by atoms with Gasteiger partial charge >= 0.3 is 0 Å². The van der Waals surface area contributed by atoms with Crippen molar-refractivity contribution in [3.63, 3.8) is 0 Å². The monoisotopic (exact) mass is 188 g/mol. The number of hydrogen-bond acceptors (Lipinski definition) is 0. The normalized spacial score (nSPS) is 4.77. The lowest BCUT2D eigenvalue weighted by Gasteiger charge is -1.79. The Hall–Kier alpha value is -0.440. The first-order valence-corrected chi connectivity index (χ1v) is 5.75. The summed E-state index contributed by atoms with van der Waals surface area (Å²) in [7, 11) is 0. The molecule has 0 radical (unpaired) electrons. The van der Waals surface area contributed by atoms with Gasteiger partial charge in [0.1, 0.15) is 0 Å². The molecule has 84 valence electrons. The highest BCUT2D eigenvalue weighted by Gasteiger charge is 1.68. The maximum absolute atomic E-state index is 4.00.